The highest BCUT2D eigenvalue weighted by atomic mass is 32.1. The molecule has 2 aromatic heterocycles. The zero-order chi connectivity index (χ0) is 15.4. The molecule has 2 aliphatic rings. The quantitative estimate of drug-likeness (QED) is 0.945. The summed E-state index contributed by atoms with van der Waals surface area (Å²) in [6, 6.07) is 0.418. The number of hydrogen-bond acceptors (Lipinski definition) is 4. The van der Waals surface area contributed by atoms with E-state index in [1.54, 1.807) is 0 Å². The van der Waals surface area contributed by atoms with Gasteiger partial charge >= 0.3 is 0 Å². The van der Waals surface area contributed by atoms with E-state index in [0.717, 1.165) is 42.4 Å². The van der Waals surface area contributed by atoms with Crippen LogP contribution >= 0.6 is 11.3 Å². The normalized spacial score (nSPS) is 17.0. The molecule has 0 bridgehead atoms. The van der Waals surface area contributed by atoms with Crippen LogP contribution in [0.3, 0.4) is 0 Å². The Labute approximate surface area is 134 Å². The van der Waals surface area contributed by atoms with Crippen molar-refractivity contribution in [1.82, 2.24) is 9.88 Å². The van der Waals surface area contributed by atoms with Gasteiger partial charge in [0.2, 0.25) is 0 Å². The number of nitrogens with zero attached hydrogens (tertiary/aromatic N) is 2. The SMILES string of the molecule is CCN(C(=O)c1sc2nc3c(c(C)c2c1N)CCC3)C1CC1. The smallest absolute Gasteiger partial charge is 0.266 e. The Morgan fingerprint density at radius 1 is 1.41 bits per heavy atom. The van der Waals surface area contributed by atoms with E-state index in [2.05, 4.69) is 6.92 Å². The van der Waals surface area contributed by atoms with Crippen molar-refractivity contribution in [3.63, 3.8) is 0 Å². The number of rotatable bonds is 3. The average molecular weight is 315 g/mol. The molecule has 4 nitrogen and oxygen atoms in total. The highest BCUT2D eigenvalue weighted by molar-refractivity contribution is 7.21. The van der Waals surface area contributed by atoms with Gasteiger partial charge in [0, 0.05) is 23.7 Å². The summed E-state index contributed by atoms with van der Waals surface area (Å²) >= 11 is 1.47. The van der Waals surface area contributed by atoms with Crippen LogP contribution in [0.5, 0.6) is 0 Å². The molecule has 116 valence electrons. The molecule has 1 amide bonds. The van der Waals surface area contributed by atoms with Crippen molar-refractivity contribution in [2.24, 2.45) is 0 Å². The third-order valence-electron chi connectivity index (χ3n) is 4.96. The van der Waals surface area contributed by atoms with Crippen LogP contribution in [0.2, 0.25) is 0 Å². The zero-order valence-electron chi connectivity index (χ0n) is 13.1. The maximum atomic E-state index is 12.8. The van der Waals surface area contributed by atoms with E-state index in [1.165, 1.54) is 34.6 Å². The van der Waals surface area contributed by atoms with Crippen LogP contribution in [0.25, 0.3) is 10.2 Å². The van der Waals surface area contributed by atoms with Crippen LogP contribution in [0.15, 0.2) is 0 Å². The van der Waals surface area contributed by atoms with Gasteiger partial charge in [-0.05, 0) is 57.1 Å². The van der Waals surface area contributed by atoms with Crippen molar-refractivity contribution in [2.45, 2.75) is 52.0 Å². The largest absolute Gasteiger partial charge is 0.397 e. The highest BCUT2D eigenvalue weighted by Gasteiger charge is 2.34. The molecular formula is C17H21N3OS. The first-order valence-corrected chi connectivity index (χ1v) is 8.94. The number of aromatic nitrogens is 1. The molecule has 2 N–H and O–H groups in total. The molecule has 0 spiro atoms. The number of thiophene rings is 1. The number of carbonyl (C=O) groups is 1. The maximum absolute atomic E-state index is 12.8. The van der Waals surface area contributed by atoms with Gasteiger partial charge in [0.25, 0.3) is 5.91 Å². The minimum atomic E-state index is 0.0880. The van der Waals surface area contributed by atoms with E-state index in [4.69, 9.17) is 10.7 Å². The molecule has 0 radical (unpaired) electrons. The minimum Gasteiger partial charge on any atom is -0.397 e. The molecule has 22 heavy (non-hydrogen) atoms. The molecule has 1 fully saturated rings. The molecule has 0 unspecified atom stereocenters. The Bertz CT molecular complexity index is 776. The van der Waals surface area contributed by atoms with Crippen molar-refractivity contribution in [3.05, 3.63) is 21.7 Å². The number of anilines is 1. The second-order valence-corrected chi connectivity index (χ2v) is 7.36. The topological polar surface area (TPSA) is 59.2 Å². The lowest BCUT2D eigenvalue weighted by Gasteiger charge is -2.19. The molecule has 0 aliphatic heterocycles. The summed E-state index contributed by atoms with van der Waals surface area (Å²) < 4.78 is 0. The van der Waals surface area contributed by atoms with Gasteiger partial charge in [-0.3, -0.25) is 4.79 Å². The number of pyridine rings is 1. The van der Waals surface area contributed by atoms with Crippen molar-refractivity contribution >= 4 is 33.1 Å². The van der Waals surface area contributed by atoms with Gasteiger partial charge in [0.1, 0.15) is 9.71 Å². The summed E-state index contributed by atoms with van der Waals surface area (Å²) in [6.45, 7) is 4.92. The number of aryl methyl sites for hydroxylation is 2. The fourth-order valence-corrected chi connectivity index (χ4v) is 4.78. The van der Waals surface area contributed by atoms with Gasteiger partial charge in [-0.1, -0.05) is 0 Å². The summed E-state index contributed by atoms with van der Waals surface area (Å²) in [6.07, 6.45) is 5.56. The highest BCUT2D eigenvalue weighted by Crippen LogP contribution is 2.40. The Morgan fingerprint density at radius 3 is 2.86 bits per heavy atom. The van der Waals surface area contributed by atoms with Gasteiger partial charge in [0.05, 0.1) is 5.69 Å². The fraction of sp³-hybridized carbons (Fsp3) is 0.529. The predicted octanol–water partition coefficient (Wildman–Crippen LogP) is 3.30. The number of nitrogen functional groups attached to an aromatic ring is 1. The first kappa shape index (κ1) is 14.0. The van der Waals surface area contributed by atoms with Crippen LogP contribution in [-0.2, 0) is 12.8 Å². The Kier molecular flexibility index (Phi) is 3.15. The number of hydrogen-bond donors (Lipinski definition) is 1. The summed E-state index contributed by atoms with van der Waals surface area (Å²) in [7, 11) is 0. The van der Waals surface area contributed by atoms with Crippen molar-refractivity contribution in [3.8, 4) is 0 Å². The molecule has 2 aliphatic carbocycles. The third-order valence-corrected chi connectivity index (χ3v) is 6.05. The molecule has 2 aromatic rings. The lowest BCUT2D eigenvalue weighted by Crippen LogP contribution is -2.32. The number of nitrogens with two attached hydrogens (primary N) is 1. The van der Waals surface area contributed by atoms with E-state index in [-0.39, 0.29) is 5.91 Å². The Hall–Kier alpha value is -1.62. The standard InChI is InChI=1S/C17H21N3OS/c1-3-20(10-7-8-10)17(21)15-14(18)13-9(2)11-5-4-6-12(11)19-16(13)22-15/h10H,3-8,18H2,1-2H3. The molecular weight excluding hydrogens is 294 g/mol. The fourth-order valence-electron chi connectivity index (χ4n) is 3.64. The third kappa shape index (κ3) is 1.95. The summed E-state index contributed by atoms with van der Waals surface area (Å²) in [5.74, 6) is 0.0880. The second-order valence-electron chi connectivity index (χ2n) is 6.36. The number of amides is 1. The van der Waals surface area contributed by atoms with Crippen molar-refractivity contribution < 1.29 is 4.79 Å². The van der Waals surface area contributed by atoms with E-state index in [0.29, 0.717) is 16.6 Å². The Morgan fingerprint density at radius 2 is 2.18 bits per heavy atom. The van der Waals surface area contributed by atoms with Crippen molar-refractivity contribution in [2.75, 3.05) is 12.3 Å². The summed E-state index contributed by atoms with van der Waals surface area (Å²) in [5.41, 5.74) is 10.8. The van der Waals surface area contributed by atoms with Crippen LogP contribution in [0.4, 0.5) is 5.69 Å². The summed E-state index contributed by atoms with van der Waals surface area (Å²) in [5, 5.41) is 1.01. The molecule has 4 rings (SSSR count). The van der Waals surface area contributed by atoms with Gasteiger partial charge in [-0.25, -0.2) is 4.98 Å². The predicted molar refractivity (Wildman–Crippen MR) is 90.5 cm³/mol. The van der Waals surface area contributed by atoms with E-state index < -0.39 is 0 Å². The van der Waals surface area contributed by atoms with E-state index in [9.17, 15) is 4.79 Å². The molecule has 2 heterocycles. The lowest BCUT2D eigenvalue weighted by atomic mass is 10.0. The first-order valence-electron chi connectivity index (χ1n) is 8.13. The summed E-state index contributed by atoms with van der Waals surface area (Å²) in [4.78, 5) is 21.2. The lowest BCUT2D eigenvalue weighted by molar-refractivity contribution is 0.0758. The Balaban J connectivity index is 1.84. The molecule has 1 saturated carbocycles. The molecule has 5 heteroatoms. The van der Waals surface area contributed by atoms with E-state index in [1.807, 2.05) is 11.8 Å². The second kappa shape index (κ2) is 4.95. The molecule has 0 atom stereocenters. The first-order chi connectivity index (χ1) is 10.6. The number of carbonyl (C=O) groups excluding carboxylic acids is 1. The zero-order valence-corrected chi connectivity index (χ0v) is 13.9. The van der Waals surface area contributed by atoms with Gasteiger partial charge < -0.3 is 10.6 Å². The van der Waals surface area contributed by atoms with E-state index >= 15 is 0 Å². The minimum absolute atomic E-state index is 0.0880. The van der Waals surface area contributed by atoms with Crippen LogP contribution in [0.1, 0.15) is 52.7 Å². The van der Waals surface area contributed by atoms with Gasteiger partial charge in [0.15, 0.2) is 0 Å². The van der Waals surface area contributed by atoms with Gasteiger partial charge in [-0.15, -0.1) is 11.3 Å². The number of fused-ring (bicyclic) bond motifs is 2. The van der Waals surface area contributed by atoms with Crippen LogP contribution in [0, 0.1) is 6.92 Å². The van der Waals surface area contributed by atoms with Crippen LogP contribution in [-0.4, -0.2) is 28.4 Å². The van der Waals surface area contributed by atoms with Gasteiger partial charge in [-0.2, -0.15) is 0 Å². The monoisotopic (exact) mass is 315 g/mol. The van der Waals surface area contributed by atoms with Crippen molar-refractivity contribution in [1.29, 1.82) is 0 Å². The van der Waals surface area contributed by atoms with Crippen LogP contribution < -0.4 is 5.73 Å². The molecule has 0 aromatic carbocycles. The molecule has 0 saturated heterocycles. The maximum Gasteiger partial charge on any atom is 0.266 e. The average Bonchev–Trinajstić information content (AvgIpc) is 3.11.